The predicted octanol–water partition coefficient (Wildman–Crippen LogP) is 3.19. The average Bonchev–Trinajstić information content (AvgIpc) is 3.48. The van der Waals surface area contributed by atoms with Gasteiger partial charge < -0.3 is 15.0 Å². The van der Waals surface area contributed by atoms with Gasteiger partial charge in [0.1, 0.15) is 10.7 Å². The lowest BCUT2D eigenvalue weighted by Crippen LogP contribution is -2.45. The van der Waals surface area contributed by atoms with Crippen molar-refractivity contribution in [2.45, 2.75) is 33.4 Å². The second-order valence-electron chi connectivity index (χ2n) is 8.40. The van der Waals surface area contributed by atoms with Crippen LogP contribution in [0.5, 0.6) is 0 Å². The van der Waals surface area contributed by atoms with Gasteiger partial charge in [0.15, 0.2) is 5.13 Å². The Hall–Kier alpha value is -2.60. The molecular formula is C23H29N7O2S2. The van der Waals surface area contributed by atoms with Crippen LogP contribution in [0, 0.1) is 6.92 Å². The fourth-order valence-corrected chi connectivity index (χ4v) is 5.88. The molecule has 0 unspecified atom stereocenters. The molecule has 5 rings (SSSR count). The van der Waals surface area contributed by atoms with Crippen LogP contribution >= 0.6 is 22.7 Å². The van der Waals surface area contributed by atoms with Crippen molar-refractivity contribution in [3.63, 3.8) is 0 Å². The Morgan fingerprint density at radius 1 is 1.24 bits per heavy atom. The Kier molecular flexibility index (Phi) is 7.05. The second-order valence-corrected chi connectivity index (χ2v) is 10.2. The van der Waals surface area contributed by atoms with Crippen LogP contribution in [0.4, 0.5) is 16.9 Å². The minimum Gasteiger partial charge on any atom is -0.462 e. The molecule has 2 aliphatic heterocycles. The number of aryl methyl sites for hydroxylation is 1. The lowest BCUT2D eigenvalue weighted by Gasteiger charge is -2.34. The van der Waals surface area contributed by atoms with Crippen LogP contribution in [0.25, 0.3) is 0 Å². The molecule has 34 heavy (non-hydrogen) atoms. The summed E-state index contributed by atoms with van der Waals surface area (Å²) in [5, 5.41) is 11.6. The van der Waals surface area contributed by atoms with Gasteiger partial charge in [-0.1, -0.05) is 11.3 Å². The molecule has 5 heterocycles. The SMILES string of the molecule is CCOC(=O)c1sc(Nc2nc3c(c(N4CCNCC4)n2)CCN(Cc2ccsc2)C3)nc1C. The van der Waals surface area contributed by atoms with E-state index in [2.05, 4.69) is 42.2 Å². The number of nitrogens with one attached hydrogen (secondary N) is 2. The maximum Gasteiger partial charge on any atom is 0.350 e. The number of thiophene rings is 1. The third kappa shape index (κ3) is 5.07. The van der Waals surface area contributed by atoms with E-state index in [-0.39, 0.29) is 5.97 Å². The van der Waals surface area contributed by atoms with Gasteiger partial charge in [-0.05, 0) is 42.7 Å². The quantitative estimate of drug-likeness (QED) is 0.475. The number of aromatic nitrogens is 3. The van der Waals surface area contributed by atoms with Crippen molar-refractivity contribution in [1.82, 2.24) is 25.2 Å². The molecule has 0 aliphatic carbocycles. The second kappa shape index (κ2) is 10.3. The highest BCUT2D eigenvalue weighted by Gasteiger charge is 2.26. The van der Waals surface area contributed by atoms with Crippen LogP contribution in [0.15, 0.2) is 16.8 Å². The zero-order valence-electron chi connectivity index (χ0n) is 19.5. The summed E-state index contributed by atoms with van der Waals surface area (Å²) in [6.45, 7) is 10.4. The highest BCUT2D eigenvalue weighted by atomic mass is 32.1. The molecule has 0 spiro atoms. The van der Waals surface area contributed by atoms with Crippen molar-refractivity contribution in [3.05, 3.63) is 44.2 Å². The molecule has 3 aromatic heterocycles. The molecule has 0 amide bonds. The summed E-state index contributed by atoms with van der Waals surface area (Å²) in [4.78, 5) is 31.9. The Labute approximate surface area is 207 Å². The van der Waals surface area contributed by atoms with E-state index in [0.29, 0.717) is 28.3 Å². The molecule has 0 saturated carbocycles. The summed E-state index contributed by atoms with van der Waals surface area (Å²) in [6, 6.07) is 2.19. The number of nitrogens with zero attached hydrogens (tertiary/aromatic N) is 5. The van der Waals surface area contributed by atoms with Crippen molar-refractivity contribution in [1.29, 1.82) is 0 Å². The minimum absolute atomic E-state index is 0.336. The zero-order chi connectivity index (χ0) is 23.5. The highest BCUT2D eigenvalue weighted by molar-refractivity contribution is 7.17. The van der Waals surface area contributed by atoms with E-state index in [1.165, 1.54) is 22.5 Å². The topological polar surface area (TPSA) is 95.5 Å². The molecule has 3 aromatic rings. The number of piperazine rings is 1. The third-order valence-corrected chi connectivity index (χ3v) is 7.79. The van der Waals surface area contributed by atoms with Gasteiger partial charge in [-0.3, -0.25) is 10.2 Å². The van der Waals surface area contributed by atoms with E-state index >= 15 is 0 Å². The van der Waals surface area contributed by atoms with Crippen LogP contribution < -0.4 is 15.5 Å². The molecule has 0 atom stereocenters. The van der Waals surface area contributed by atoms with Gasteiger partial charge in [-0.25, -0.2) is 14.8 Å². The monoisotopic (exact) mass is 499 g/mol. The fourth-order valence-electron chi connectivity index (χ4n) is 4.37. The van der Waals surface area contributed by atoms with Crippen molar-refractivity contribution in [2.24, 2.45) is 0 Å². The van der Waals surface area contributed by atoms with E-state index < -0.39 is 0 Å². The van der Waals surface area contributed by atoms with Gasteiger partial charge in [-0.2, -0.15) is 16.3 Å². The van der Waals surface area contributed by atoms with Gasteiger partial charge in [-0.15, -0.1) is 0 Å². The lowest BCUT2D eigenvalue weighted by atomic mass is 10.0. The first-order valence-electron chi connectivity index (χ1n) is 11.6. The number of carbonyl (C=O) groups excluding carboxylic acids is 1. The Morgan fingerprint density at radius 2 is 2.09 bits per heavy atom. The minimum atomic E-state index is -0.345. The van der Waals surface area contributed by atoms with Gasteiger partial charge in [0.25, 0.3) is 0 Å². The number of hydrogen-bond acceptors (Lipinski definition) is 11. The summed E-state index contributed by atoms with van der Waals surface area (Å²) in [5.41, 5.74) is 4.30. The first-order valence-corrected chi connectivity index (χ1v) is 13.4. The van der Waals surface area contributed by atoms with Gasteiger partial charge in [0.05, 0.1) is 18.0 Å². The third-order valence-electron chi connectivity index (χ3n) is 6.00. The number of ether oxygens (including phenoxy) is 1. The predicted molar refractivity (Wildman–Crippen MR) is 135 cm³/mol. The van der Waals surface area contributed by atoms with Crippen molar-refractivity contribution in [3.8, 4) is 0 Å². The van der Waals surface area contributed by atoms with Gasteiger partial charge in [0.2, 0.25) is 5.95 Å². The summed E-state index contributed by atoms with van der Waals surface area (Å²) in [7, 11) is 0. The summed E-state index contributed by atoms with van der Waals surface area (Å²) in [6.07, 6.45) is 0.933. The number of anilines is 3. The van der Waals surface area contributed by atoms with Crippen LogP contribution in [-0.4, -0.2) is 65.2 Å². The summed E-state index contributed by atoms with van der Waals surface area (Å²) in [5.74, 6) is 1.19. The molecule has 180 valence electrons. The maximum absolute atomic E-state index is 12.2. The van der Waals surface area contributed by atoms with Crippen LogP contribution in [-0.2, 0) is 24.2 Å². The lowest BCUT2D eigenvalue weighted by molar-refractivity contribution is 0.0531. The standard InChI is InChI=1S/C23H29N7O2S2/c1-3-32-21(31)19-15(2)25-23(34-19)28-22-26-18-13-29(12-16-5-11-33-14-16)8-4-17(18)20(27-22)30-9-6-24-7-10-30/h5,11,14,24H,3-4,6-10,12-13H2,1-2H3,(H,25,26,27,28). The van der Waals surface area contributed by atoms with E-state index in [9.17, 15) is 4.79 Å². The number of thiazole rings is 1. The van der Waals surface area contributed by atoms with Crippen LogP contribution in [0.1, 0.15) is 39.1 Å². The van der Waals surface area contributed by atoms with Crippen molar-refractivity contribution >= 4 is 45.5 Å². The molecule has 2 aliphatic rings. The first kappa shape index (κ1) is 23.2. The number of rotatable bonds is 7. The highest BCUT2D eigenvalue weighted by Crippen LogP contribution is 2.31. The van der Waals surface area contributed by atoms with Gasteiger partial charge in [0, 0.05) is 51.4 Å². The molecular weight excluding hydrogens is 470 g/mol. The van der Waals surface area contributed by atoms with E-state index in [0.717, 1.165) is 63.7 Å². The normalized spacial score (nSPS) is 16.4. The molecule has 2 N–H and O–H groups in total. The molecule has 1 fully saturated rings. The fraction of sp³-hybridized carbons (Fsp3) is 0.478. The molecule has 0 aromatic carbocycles. The maximum atomic E-state index is 12.2. The van der Waals surface area contributed by atoms with Crippen LogP contribution in [0.3, 0.4) is 0 Å². The summed E-state index contributed by atoms with van der Waals surface area (Å²) >= 11 is 3.01. The van der Waals surface area contributed by atoms with Gasteiger partial charge >= 0.3 is 5.97 Å². The Balaban J connectivity index is 1.43. The molecule has 0 bridgehead atoms. The largest absolute Gasteiger partial charge is 0.462 e. The van der Waals surface area contributed by atoms with E-state index in [4.69, 9.17) is 14.7 Å². The number of esters is 1. The number of fused-ring (bicyclic) bond motifs is 1. The first-order chi connectivity index (χ1) is 16.6. The smallest absolute Gasteiger partial charge is 0.350 e. The van der Waals surface area contributed by atoms with E-state index in [1.54, 1.807) is 18.3 Å². The average molecular weight is 500 g/mol. The molecule has 1 saturated heterocycles. The number of hydrogen-bond donors (Lipinski definition) is 2. The van der Waals surface area contributed by atoms with Crippen molar-refractivity contribution < 1.29 is 9.53 Å². The molecule has 9 nitrogen and oxygen atoms in total. The van der Waals surface area contributed by atoms with Crippen LogP contribution in [0.2, 0.25) is 0 Å². The Bertz CT molecular complexity index is 1140. The molecule has 0 radical (unpaired) electrons. The number of carbonyl (C=O) groups is 1. The summed E-state index contributed by atoms with van der Waals surface area (Å²) < 4.78 is 5.16. The van der Waals surface area contributed by atoms with Crippen molar-refractivity contribution in [2.75, 3.05) is 49.5 Å². The van der Waals surface area contributed by atoms with E-state index in [1.807, 2.05) is 6.92 Å². The molecule has 11 heteroatoms. The Morgan fingerprint density at radius 3 is 2.85 bits per heavy atom. The zero-order valence-corrected chi connectivity index (χ0v) is 21.1.